The number of benzene rings is 1. The lowest BCUT2D eigenvalue weighted by Gasteiger charge is -2.39. The lowest BCUT2D eigenvalue weighted by atomic mass is 9.77. The summed E-state index contributed by atoms with van der Waals surface area (Å²) in [7, 11) is 0. The van der Waals surface area contributed by atoms with Crippen molar-refractivity contribution in [3.8, 4) is 0 Å². The summed E-state index contributed by atoms with van der Waals surface area (Å²) in [6.45, 7) is 7.09. The second-order valence-corrected chi connectivity index (χ2v) is 6.48. The SMILES string of the molecule is CC1C(c2ccccc2)=CC=CC1(CO)OCCN1CCOCC1. The molecule has 4 heteroatoms. The number of aliphatic hydroxyl groups is 1. The van der Waals surface area contributed by atoms with E-state index in [1.807, 2.05) is 30.4 Å². The van der Waals surface area contributed by atoms with Crippen LogP contribution < -0.4 is 0 Å². The molecule has 2 unspecified atom stereocenters. The van der Waals surface area contributed by atoms with Crippen molar-refractivity contribution in [2.45, 2.75) is 12.5 Å². The Balaban J connectivity index is 1.65. The number of morpholine rings is 1. The predicted molar refractivity (Wildman–Crippen MR) is 95.8 cm³/mol. The highest BCUT2D eigenvalue weighted by Gasteiger charge is 2.38. The Hall–Kier alpha value is -1.46. The van der Waals surface area contributed by atoms with E-state index in [1.165, 1.54) is 11.1 Å². The van der Waals surface area contributed by atoms with Crippen molar-refractivity contribution in [1.29, 1.82) is 0 Å². The Morgan fingerprint density at radius 2 is 2.00 bits per heavy atom. The van der Waals surface area contributed by atoms with Gasteiger partial charge in [-0.05, 0) is 17.2 Å². The second-order valence-electron chi connectivity index (χ2n) is 6.48. The lowest BCUT2D eigenvalue weighted by molar-refractivity contribution is -0.0762. The number of aliphatic hydroxyl groups excluding tert-OH is 1. The quantitative estimate of drug-likeness (QED) is 0.870. The average Bonchev–Trinajstić information content (AvgIpc) is 2.65. The number of ether oxygens (including phenoxy) is 2. The first-order valence-corrected chi connectivity index (χ1v) is 8.75. The maximum Gasteiger partial charge on any atom is 0.116 e. The molecule has 1 aliphatic carbocycles. The third-order valence-corrected chi connectivity index (χ3v) is 5.09. The molecule has 1 aliphatic heterocycles. The fourth-order valence-electron chi connectivity index (χ4n) is 3.44. The van der Waals surface area contributed by atoms with Gasteiger partial charge in [-0.2, -0.15) is 0 Å². The zero-order valence-corrected chi connectivity index (χ0v) is 14.4. The maximum atomic E-state index is 10.1. The number of nitrogens with zero attached hydrogens (tertiary/aromatic N) is 1. The van der Waals surface area contributed by atoms with Gasteiger partial charge in [-0.3, -0.25) is 4.90 Å². The minimum Gasteiger partial charge on any atom is -0.393 e. The molecule has 3 rings (SSSR count). The topological polar surface area (TPSA) is 41.9 Å². The molecule has 1 aromatic rings. The first kappa shape index (κ1) is 17.4. The molecule has 0 spiro atoms. The first-order valence-electron chi connectivity index (χ1n) is 8.75. The Bertz CT molecular complexity index is 578. The van der Waals surface area contributed by atoms with Gasteiger partial charge in [0, 0.05) is 25.6 Å². The fraction of sp³-hybridized carbons (Fsp3) is 0.500. The molecule has 2 aliphatic rings. The van der Waals surface area contributed by atoms with Crippen LogP contribution in [0.5, 0.6) is 0 Å². The van der Waals surface area contributed by atoms with E-state index in [2.05, 4.69) is 30.0 Å². The molecule has 130 valence electrons. The van der Waals surface area contributed by atoms with Gasteiger partial charge in [0.05, 0.1) is 26.4 Å². The van der Waals surface area contributed by atoms with E-state index in [0.717, 1.165) is 32.8 Å². The van der Waals surface area contributed by atoms with E-state index in [1.54, 1.807) is 0 Å². The van der Waals surface area contributed by atoms with Crippen LogP contribution in [0.1, 0.15) is 12.5 Å². The van der Waals surface area contributed by atoms with Crippen molar-refractivity contribution in [2.75, 3.05) is 46.1 Å². The third-order valence-electron chi connectivity index (χ3n) is 5.09. The maximum absolute atomic E-state index is 10.1. The highest BCUT2D eigenvalue weighted by molar-refractivity contribution is 5.71. The monoisotopic (exact) mass is 329 g/mol. The zero-order valence-electron chi connectivity index (χ0n) is 14.4. The summed E-state index contributed by atoms with van der Waals surface area (Å²) < 4.78 is 11.6. The summed E-state index contributed by atoms with van der Waals surface area (Å²) in [6.07, 6.45) is 6.13. The average molecular weight is 329 g/mol. The van der Waals surface area contributed by atoms with Crippen LogP contribution in [0.25, 0.3) is 5.57 Å². The minimum absolute atomic E-state index is 0.0159. The van der Waals surface area contributed by atoms with Crippen LogP contribution in [0.15, 0.2) is 48.6 Å². The van der Waals surface area contributed by atoms with Crippen molar-refractivity contribution in [3.05, 3.63) is 54.1 Å². The van der Waals surface area contributed by atoms with E-state index in [-0.39, 0.29) is 12.5 Å². The third kappa shape index (κ3) is 3.78. The molecular formula is C20H27NO3. The van der Waals surface area contributed by atoms with Crippen LogP contribution in [0, 0.1) is 5.92 Å². The molecule has 1 fully saturated rings. The van der Waals surface area contributed by atoms with Gasteiger partial charge in [0.15, 0.2) is 0 Å². The molecule has 1 saturated heterocycles. The van der Waals surface area contributed by atoms with Gasteiger partial charge in [0.1, 0.15) is 5.60 Å². The Morgan fingerprint density at radius 3 is 2.71 bits per heavy atom. The van der Waals surface area contributed by atoms with Crippen LogP contribution in [-0.4, -0.2) is 61.7 Å². The van der Waals surface area contributed by atoms with Gasteiger partial charge in [-0.25, -0.2) is 0 Å². The number of hydrogen-bond acceptors (Lipinski definition) is 4. The molecule has 0 amide bonds. The van der Waals surface area contributed by atoms with Crippen LogP contribution in [0.3, 0.4) is 0 Å². The van der Waals surface area contributed by atoms with Crippen LogP contribution >= 0.6 is 0 Å². The Kier molecular flexibility index (Phi) is 5.85. The standard InChI is InChI=1S/C20H27NO3/c1-17-19(18-6-3-2-4-7-18)8-5-9-20(17,16-22)24-15-12-21-10-13-23-14-11-21/h2-9,17,22H,10-16H2,1H3. The molecule has 2 atom stereocenters. The van der Waals surface area contributed by atoms with E-state index >= 15 is 0 Å². The first-order chi connectivity index (χ1) is 11.7. The predicted octanol–water partition coefficient (Wildman–Crippen LogP) is 2.36. The Labute approximate surface area is 144 Å². The number of rotatable bonds is 6. The zero-order chi connectivity index (χ0) is 16.8. The van der Waals surface area contributed by atoms with Crippen LogP contribution in [0.2, 0.25) is 0 Å². The van der Waals surface area contributed by atoms with Crippen molar-refractivity contribution >= 4 is 5.57 Å². The van der Waals surface area contributed by atoms with Gasteiger partial charge in [0.25, 0.3) is 0 Å². The molecular weight excluding hydrogens is 302 g/mol. The van der Waals surface area contributed by atoms with Crippen LogP contribution in [-0.2, 0) is 9.47 Å². The van der Waals surface area contributed by atoms with Gasteiger partial charge in [-0.15, -0.1) is 0 Å². The highest BCUT2D eigenvalue weighted by Crippen LogP contribution is 2.38. The summed E-state index contributed by atoms with van der Waals surface area (Å²) in [5.74, 6) is 0.0968. The normalized spacial score (nSPS) is 27.9. The molecule has 0 aromatic heterocycles. The fourth-order valence-corrected chi connectivity index (χ4v) is 3.44. The smallest absolute Gasteiger partial charge is 0.116 e. The second kappa shape index (κ2) is 8.08. The van der Waals surface area contributed by atoms with Crippen molar-refractivity contribution in [1.82, 2.24) is 4.90 Å². The lowest BCUT2D eigenvalue weighted by Crippen LogP contribution is -2.46. The van der Waals surface area contributed by atoms with Crippen molar-refractivity contribution in [2.24, 2.45) is 5.92 Å². The summed E-state index contributed by atoms with van der Waals surface area (Å²) in [5.41, 5.74) is 1.74. The largest absolute Gasteiger partial charge is 0.393 e. The molecule has 0 bridgehead atoms. The van der Waals surface area contributed by atoms with E-state index in [0.29, 0.717) is 6.61 Å². The van der Waals surface area contributed by atoms with Crippen molar-refractivity contribution < 1.29 is 14.6 Å². The Morgan fingerprint density at radius 1 is 1.25 bits per heavy atom. The van der Waals surface area contributed by atoms with Crippen LogP contribution in [0.4, 0.5) is 0 Å². The van der Waals surface area contributed by atoms with Gasteiger partial charge < -0.3 is 14.6 Å². The van der Waals surface area contributed by atoms with Gasteiger partial charge >= 0.3 is 0 Å². The van der Waals surface area contributed by atoms with Crippen molar-refractivity contribution in [3.63, 3.8) is 0 Å². The van der Waals surface area contributed by atoms with E-state index in [4.69, 9.17) is 9.47 Å². The molecule has 1 N–H and O–H groups in total. The molecule has 4 nitrogen and oxygen atoms in total. The molecule has 24 heavy (non-hydrogen) atoms. The summed E-state index contributed by atoms with van der Waals surface area (Å²) >= 11 is 0. The summed E-state index contributed by atoms with van der Waals surface area (Å²) in [4.78, 5) is 2.35. The summed E-state index contributed by atoms with van der Waals surface area (Å²) in [5, 5.41) is 10.1. The summed E-state index contributed by atoms with van der Waals surface area (Å²) in [6, 6.07) is 10.3. The minimum atomic E-state index is -0.647. The molecule has 0 radical (unpaired) electrons. The van der Waals surface area contributed by atoms with E-state index < -0.39 is 5.60 Å². The number of allylic oxidation sites excluding steroid dienone is 2. The number of hydrogen-bond donors (Lipinski definition) is 1. The molecule has 0 saturated carbocycles. The van der Waals surface area contributed by atoms with E-state index in [9.17, 15) is 5.11 Å². The highest BCUT2D eigenvalue weighted by atomic mass is 16.5. The molecule has 1 aromatic carbocycles. The van der Waals surface area contributed by atoms with Gasteiger partial charge in [0.2, 0.25) is 0 Å². The molecule has 1 heterocycles. The van der Waals surface area contributed by atoms with Gasteiger partial charge in [-0.1, -0.05) is 49.4 Å².